The molecule has 0 aliphatic heterocycles. The predicted octanol–water partition coefficient (Wildman–Crippen LogP) is 3.35. The van der Waals surface area contributed by atoms with E-state index in [1.807, 2.05) is 0 Å². The van der Waals surface area contributed by atoms with E-state index in [0.29, 0.717) is 0 Å². The number of nitro groups is 1. The smallest absolute Gasteiger partial charge is 0.273 e. The van der Waals surface area contributed by atoms with Crippen molar-refractivity contribution in [2.75, 3.05) is 5.32 Å². The largest absolute Gasteiger partial charge is 0.506 e. The van der Waals surface area contributed by atoms with Crippen LogP contribution in [0.15, 0.2) is 36.4 Å². The van der Waals surface area contributed by atoms with Crippen LogP contribution in [0.1, 0.15) is 10.4 Å². The number of benzene rings is 2. The molecule has 108 valence electrons. The van der Waals surface area contributed by atoms with E-state index >= 15 is 0 Å². The van der Waals surface area contributed by atoms with Crippen LogP contribution in [0.5, 0.6) is 5.75 Å². The highest BCUT2D eigenvalue weighted by Gasteiger charge is 2.16. The van der Waals surface area contributed by atoms with Crippen LogP contribution in [0.2, 0.25) is 5.02 Å². The standard InChI is InChI=1S/C13H8ClFN2O4/c14-7-1-3-10(15)9(5-7)13(19)16-11-4-2-8(17(20)21)6-12(11)18/h1-6,18H,(H,16,19). The number of nitrogens with zero attached hydrogens (tertiary/aromatic N) is 1. The lowest BCUT2D eigenvalue weighted by Gasteiger charge is -2.08. The minimum Gasteiger partial charge on any atom is -0.506 e. The van der Waals surface area contributed by atoms with Crippen molar-refractivity contribution >= 4 is 28.9 Å². The molecule has 2 rings (SSSR count). The van der Waals surface area contributed by atoms with E-state index in [0.717, 1.165) is 30.3 Å². The lowest BCUT2D eigenvalue weighted by Crippen LogP contribution is -2.13. The number of nitro benzene ring substituents is 1. The number of phenols is 1. The van der Waals surface area contributed by atoms with E-state index in [4.69, 9.17) is 11.6 Å². The number of hydrogen-bond acceptors (Lipinski definition) is 4. The maximum absolute atomic E-state index is 13.5. The van der Waals surface area contributed by atoms with Crippen molar-refractivity contribution in [1.82, 2.24) is 0 Å². The molecule has 6 nitrogen and oxygen atoms in total. The van der Waals surface area contributed by atoms with Crippen LogP contribution < -0.4 is 5.32 Å². The summed E-state index contributed by atoms with van der Waals surface area (Å²) >= 11 is 5.68. The lowest BCUT2D eigenvalue weighted by atomic mass is 10.2. The number of carbonyl (C=O) groups is 1. The van der Waals surface area contributed by atoms with Gasteiger partial charge in [-0.05, 0) is 24.3 Å². The fourth-order valence-corrected chi connectivity index (χ4v) is 1.77. The zero-order valence-electron chi connectivity index (χ0n) is 10.3. The molecule has 0 radical (unpaired) electrons. The molecule has 0 spiro atoms. The van der Waals surface area contributed by atoms with E-state index in [1.165, 1.54) is 6.07 Å². The number of rotatable bonds is 3. The topological polar surface area (TPSA) is 92.5 Å². The summed E-state index contributed by atoms with van der Waals surface area (Å²) in [4.78, 5) is 21.7. The van der Waals surface area contributed by atoms with Gasteiger partial charge in [-0.2, -0.15) is 0 Å². The first-order chi connectivity index (χ1) is 9.88. The lowest BCUT2D eigenvalue weighted by molar-refractivity contribution is -0.384. The van der Waals surface area contributed by atoms with Gasteiger partial charge in [-0.3, -0.25) is 14.9 Å². The maximum atomic E-state index is 13.5. The van der Waals surface area contributed by atoms with Crippen LogP contribution in [-0.2, 0) is 0 Å². The number of phenolic OH excluding ortho intramolecular Hbond substituents is 1. The van der Waals surface area contributed by atoms with Crippen molar-refractivity contribution in [3.05, 3.63) is 62.9 Å². The normalized spacial score (nSPS) is 10.2. The van der Waals surface area contributed by atoms with E-state index in [2.05, 4.69) is 5.32 Å². The third kappa shape index (κ3) is 3.26. The Bertz CT molecular complexity index is 736. The van der Waals surface area contributed by atoms with Crippen LogP contribution in [0.3, 0.4) is 0 Å². The van der Waals surface area contributed by atoms with Crippen LogP contribution in [-0.4, -0.2) is 15.9 Å². The molecule has 0 aromatic heterocycles. The summed E-state index contributed by atoms with van der Waals surface area (Å²) in [6, 6.07) is 6.58. The summed E-state index contributed by atoms with van der Waals surface area (Å²) in [5.41, 5.74) is -0.718. The second-order valence-corrected chi connectivity index (χ2v) is 4.47. The van der Waals surface area contributed by atoms with Crippen molar-refractivity contribution in [2.24, 2.45) is 0 Å². The monoisotopic (exact) mass is 310 g/mol. The van der Waals surface area contributed by atoms with Crippen LogP contribution in [0, 0.1) is 15.9 Å². The van der Waals surface area contributed by atoms with Crippen molar-refractivity contribution in [1.29, 1.82) is 0 Å². The molecule has 0 saturated heterocycles. The number of carbonyl (C=O) groups excluding carboxylic acids is 1. The van der Waals surface area contributed by atoms with Gasteiger partial charge in [0.05, 0.1) is 22.2 Å². The average molecular weight is 311 g/mol. The summed E-state index contributed by atoms with van der Waals surface area (Å²) < 4.78 is 13.5. The van der Waals surface area contributed by atoms with Crippen LogP contribution in [0.4, 0.5) is 15.8 Å². The molecule has 2 N–H and O–H groups in total. The molecule has 0 aliphatic rings. The van der Waals surface area contributed by atoms with Gasteiger partial charge in [0.15, 0.2) is 0 Å². The molecule has 0 atom stereocenters. The van der Waals surface area contributed by atoms with Gasteiger partial charge in [-0.15, -0.1) is 0 Å². The Hall–Kier alpha value is -2.67. The quantitative estimate of drug-likeness (QED) is 0.516. The molecule has 2 aromatic rings. The number of nitrogens with one attached hydrogen (secondary N) is 1. The minimum atomic E-state index is -0.834. The summed E-state index contributed by atoms with van der Waals surface area (Å²) in [6.45, 7) is 0. The fraction of sp³-hybridized carbons (Fsp3) is 0. The Morgan fingerprint density at radius 3 is 2.62 bits per heavy atom. The summed E-state index contributed by atoms with van der Waals surface area (Å²) in [7, 11) is 0. The van der Waals surface area contributed by atoms with Crippen molar-refractivity contribution < 1.29 is 19.2 Å². The van der Waals surface area contributed by atoms with Gasteiger partial charge in [0.2, 0.25) is 0 Å². The maximum Gasteiger partial charge on any atom is 0.273 e. The van der Waals surface area contributed by atoms with E-state index < -0.39 is 22.4 Å². The SMILES string of the molecule is O=C(Nc1ccc([N+](=O)[O-])cc1O)c1cc(Cl)ccc1F. The van der Waals surface area contributed by atoms with Gasteiger partial charge in [0.25, 0.3) is 11.6 Å². The van der Waals surface area contributed by atoms with Crippen molar-refractivity contribution in [2.45, 2.75) is 0 Å². The zero-order chi connectivity index (χ0) is 15.6. The van der Waals surface area contributed by atoms with Crippen LogP contribution >= 0.6 is 11.6 Å². The van der Waals surface area contributed by atoms with Gasteiger partial charge in [0, 0.05) is 11.1 Å². The molecule has 8 heteroatoms. The molecule has 0 fully saturated rings. The second-order valence-electron chi connectivity index (χ2n) is 4.04. The minimum absolute atomic E-state index is 0.0787. The first-order valence-electron chi connectivity index (χ1n) is 5.62. The number of non-ortho nitro benzene ring substituents is 1. The highest BCUT2D eigenvalue weighted by molar-refractivity contribution is 6.31. The Labute approximate surface area is 122 Å². The molecule has 0 saturated carbocycles. The highest BCUT2D eigenvalue weighted by atomic mass is 35.5. The highest BCUT2D eigenvalue weighted by Crippen LogP contribution is 2.28. The third-order valence-electron chi connectivity index (χ3n) is 2.61. The van der Waals surface area contributed by atoms with Gasteiger partial charge in [-0.1, -0.05) is 11.6 Å². The Morgan fingerprint density at radius 2 is 2.00 bits per heavy atom. The molecule has 21 heavy (non-hydrogen) atoms. The molecule has 0 heterocycles. The molecule has 2 aromatic carbocycles. The predicted molar refractivity (Wildman–Crippen MR) is 74.1 cm³/mol. The first kappa shape index (κ1) is 14.7. The summed E-state index contributed by atoms with van der Waals surface area (Å²) in [5, 5.41) is 22.6. The molecule has 0 unspecified atom stereocenters. The fourth-order valence-electron chi connectivity index (χ4n) is 1.60. The number of anilines is 1. The van der Waals surface area contributed by atoms with Gasteiger partial charge >= 0.3 is 0 Å². The van der Waals surface area contributed by atoms with Crippen molar-refractivity contribution in [3.63, 3.8) is 0 Å². The first-order valence-corrected chi connectivity index (χ1v) is 6.00. The Morgan fingerprint density at radius 1 is 1.29 bits per heavy atom. The second kappa shape index (κ2) is 5.76. The Balaban J connectivity index is 2.27. The van der Waals surface area contributed by atoms with E-state index in [-0.39, 0.29) is 22.0 Å². The van der Waals surface area contributed by atoms with Gasteiger partial charge in [0.1, 0.15) is 11.6 Å². The van der Waals surface area contributed by atoms with Crippen LogP contribution in [0.25, 0.3) is 0 Å². The molecule has 0 aliphatic carbocycles. The van der Waals surface area contributed by atoms with Crippen molar-refractivity contribution in [3.8, 4) is 5.75 Å². The Kier molecular flexibility index (Phi) is 4.04. The number of halogens is 2. The number of aromatic hydroxyl groups is 1. The zero-order valence-corrected chi connectivity index (χ0v) is 11.1. The molecular weight excluding hydrogens is 303 g/mol. The third-order valence-corrected chi connectivity index (χ3v) is 2.85. The van der Waals surface area contributed by atoms with E-state index in [9.17, 15) is 24.4 Å². The summed E-state index contributed by atoms with van der Waals surface area (Å²) in [5.74, 6) is -2.11. The van der Waals surface area contributed by atoms with Gasteiger partial charge in [-0.25, -0.2) is 4.39 Å². The van der Waals surface area contributed by atoms with Gasteiger partial charge < -0.3 is 10.4 Å². The molecule has 0 bridgehead atoms. The summed E-state index contributed by atoms with van der Waals surface area (Å²) in [6.07, 6.45) is 0. The average Bonchev–Trinajstić information content (AvgIpc) is 2.43. The molecular formula is C13H8ClFN2O4. The number of amides is 1. The van der Waals surface area contributed by atoms with E-state index in [1.54, 1.807) is 0 Å². The number of hydrogen-bond donors (Lipinski definition) is 2. The molecule has 1 amide bonds.